The second kappa shape index (κ2) is 8.92. The van der Waals surface area contributed by atoms with Crippen LogP contribution in [0.5, 0.6) is 0 Å². The highest BCUT2D eigenvalue weighted by Gasteiger charge is 2.06. The van der Waals surface area contributed by atoms with Crippen molar-refractivity contribution >= 4 is 35.2 Å². The van der Waals surface area contributed by atoms with Crippen LogP contribution in [0.1, 0.15) is 37.7 Å². The van der Waals surface area contributed by atoms with E-state index in [1.807, 2.05) is 50.4 Å². The molecule has 0 radical (unpaired) electrons. The SMILES string of the molecule is Cc1cc(C)nc(SCc2ccc(C(=O)N/N=C/c3sccc3C)cc2)n1. The van der Waals surface area contributed by atoms with E-state index in [1.54, 1.807) is 41.4 Å². The summed E-state index contributed by atoms with van der Waals surface area (Å²) in [6, 6.07) is 11.5. The van der Waals surface area contributed by atoms with E-state index in [9.17, 15) is 4.79 Å². The number of thioether (sulfide) groups is 1. The third-order valence-corrected chi connectivity index (χ3v) is 5.67. The van der Waals surface area contributed by atoms with Gasteiger partial charge in [0.1, 0.15) is 0 Å². The monoisotopic (exact) mass is 396 g/mol. The summed E-state index contributed by atoms with van der Waals surface area (Å²) in [5.41, 5.74) is 7.33. The minimum atomic E-state index is -0.225. The zero-order valence-electron chi connectivity index (χ0n) is 15.4. The zero-order chi connectivity index (χ0) is 19.2. The molecule has 138 valence electrons. The summed E-state index contributed by atoms with van der Waals surface area (Å²) < 4.78 is 0. The number of nitrogens with one attached hydrogen (secondary N) is 1. The second-order valence-electron chi connectivity index (χ2n) is 6.09. The van der Waals surface area contributed by atoms with E-state index >= 15 is 0 Å². The minimum absolute atomic E-state index is 0.225. The molecule has 0 saturated carbocycles. The quantitative estimate of drug-likeness (QED) is 0.288. The van der Waals surface area contributed by atoms with Crippen molar-refractivity contribution in [2.24, 2.45) is 5.10 Å². The van der Waals surface area contributed by atoms with Gasteiger partial charge in [-0.2, -0.15) is 5.10 Å². The topological polar surface area (TPSA) is 67.2 Å². The van der Waals surface area contributed by atoms with Crippen LogP contribution in [0.2, 0.25) is 0 Å². The first-order valence-corrected chi connectivity index (χ1v) is 10.3. The van der Waals surface area contributed by atoms with Crippen LogP contribution < -0.4 is 5.43 Å². The number of aromatic nitrogens is 2. The van der Waals surface area contributed by atoms with Crippen LogP contribution in [0, 0.1) is 20.8 Å². The van der Waals surface area contributed by atoms with Crippen molar-refractivity contribution in [3.63, 3.8) is 0 Å². The van der Waals surface area contributed by atoms with Gasteiger partial charge in [0.2, 0.25) is 0 Å². The van der Waals surface area contributed by atoms with Crippen molar-refractivity contribution in [1.82, 2.24) is 15.4 Å². The summed E-state index contributed by atoms with van der Waals surface area (Å²) in [5.74, 6) is 0.526. The Hall–Kier alpha value is -2.51. The van der Waals surface area contributed by atoms with Crippen molar-refractivity contribution in [1.29, 1.82) is 0 Å². The molecule has 0 spiro atoms. The van der Waals surface area contributed by atoms with Gasteiger partial charge in [-0.3, -0.25) is 4.79 Å². The van der Waals surface area contributed by atoms with Crippen molar-refractivity contribution < 1.29 is 4.79 Å². The molecule has 0 bridgehead atoms. The van der Waals surface area contributed by atoms with E-state index in [-0.39, 0.29) is 5.91 Å². The van der Waals surface area contributed by atoms with Gasteiger partial charge in [0.05, 0.1) is 6.21 Å². The first-order chi connectivity index (χ1) is 13.0. The number of hydrogen-bond acceptors (Lipinski definition) is 6. The molecule has 3 rings (SSSR count). The number of carbonyl (C=O) groups excluding carboxylic acids is 1. The molecule has 2 heterocycles. The fraction of sp³-hybridized carbons (Fsp3) is 0.200. The van der Waals surface area contributed by atoms with Gasteiger partial charge >= 0.3 is 0 Å². The molecule has 5 nitrogen and oxygen atoms in total. The highest BCUT2D eigenvalue weighted by atomic mass is 32.2. The van der Waals surface area contributed by atoms with Gasteiger partial charge in [-0.25, -0.2) is 15.4 Å². The first kappa shape index (κ1) is 19.3. The maximum absolute atomic E-state index is 12.2. The molecular formula is C20H20N4OS2. The lowest BCUT2D eigenvalue weighted by Gasteiger charge is -2.04. The number of benzene rings is 1. The van der Waals surface area contributed by atoms with E-state index in [2.05, 4.69) is 20.5 Å². The molecular weight excluding hydrogens is 376 g/mol. The van der Waals surface area contributed by atoms with Gasteiger partial charge in [0, 0.05) is 27.6 Å². The van der Waals surface area contributed by atoms with E-state index in [4.69, 9.17) is 0 Å². The number of amides is 1. The van der Waals surface area contributed by atoms with Crippen molar-refractivity contribution in [2.45, 2.75) is 31.7 Å². The van der Waals surface area contributed by atoms with E-state index in [1.165, 1.54) is 0 Å². The van der Waals surface area contributed by atoms with Crippen LogP contribution in [0.25, 0.3) is 0 Å². The largest absolute Gasteiger partial charge is 0.271 e. The molecule has 0 aliphatic carbocycles. The Labute approximate surface area is 167 Å². The van der Waals surface area contributed by atoms with Gasteiger partial charge in [-0.05, 0) is 61.5 Å². The number of thiophene rings is 1. The molecule has 0 saturated heterocycles. The molecule has 0 aliphatic heterocycles. The Morgan fingerprint density at radius 2 is 1.85 bits per heavy atom. The molecule has 0 atom stereocenters. The molecule has 7 heteroatoms. The Morgan fingerprint density at radius 3 is 2.48 bits per heavy atom. The number of nitrogens with zero attached hydrogens (tertiary/aromatic N) is 3. The van der Waals surface area contributed by atoms with Gasteiger partial charge in [0.15, 0.2) is 5.16 Å². The molecule has 2 aromatic heterocycles. The number of carbonyl (C=O) groups is 1. The van der Waals surface area contributed by atoms with Crippen LogP contribution in [0.3, 0.4) is 0 Å². The number of hydrazone groups is 1. The third-order valence-electron chi connectivity index (χ3n) is 3.80. The molecule has 1 amide bonds. The van der Waals surface area contributed by atoms with Gasteiger partial charge in [-0.1, -0.05) is 23.9 Å². The molecule has 1 aromatic carbocycles. The average Bonchev–Trinajstić information content (AvgIpc) is 3.04. The van der Waals surface area contributed by atoms with Crippen molar-refractivity contribution in [3.05, 3.63) is 74.7 Å². The van der Waals surface area contributed by atoms with Gasteiger partial charge in [0.25, 0.3) is 5.91 Å². The fourth-order valence-electron chi connectivity index (χ4n) is 2.39. The summed E-state index contributed by atoms with van der Waals surface area (Å²) in [4.78, 5) is 22.1. The average molecular weight is 397 g/mol. The second-order valence-corrected chi connectivity index (χ2v) is 7.98. The molecule has 27 heavy (non-hydrogen) atoms. The Kier molecular flexibility index (Phi) is 6.36. The Bertz CT molecular complexity index is 944. The minimum Gasteiger partial charge on any atom is -0.267 e. The van der Waals surface area contributed by atoms with E-state index < -0.39 is 0 Å². The fourth-order valence-corrected chi connectivity index (χ4v) is 4.08. The maximum Gasteiger partial charge on any atom is 0.271 e. The van der Waals surface area contributed by atoms with Gasteiger partial charge < -0.3 is 0 Å². The van der Waals surface area contributed by atoms with Crippen LogP contribution in [0.4, 0.5) is 0 Å². The first-order valence-electron chi connectivity index (χ1n) is 8.43. The van der Waals surface area contributed by atoms with Gasteiger partial charge in [-0.15, -0.1) is 11.3 Å². The highest BCUT2D eigenvalue weighted by Crippen LogP contribution is 2.20. The lowest BCUT2D eigenvalue weighted by atomic mass is 10.1. The molecule has 3 aromatic rings. The maximum atomic E-state index is 12.2. The predicted octanol–water partition coefficient (Wildman–Crippen LogP) is 4.52. The normalized spacial score (nSPS) is 11.1. The zero-order valence-corrected chi connectivity index (χ0v) is 17.0. The number of hydrogen-bond donors (Lipinski definition) is 1. The van der Waals surface area contributed by atoms with E-state index in [0.717, 1.165) is 38.3 Å². The molecule has 1 N–H and O–H groups in total. The summed E-state index contributed by atoms with van der Waals surface area (Å²) in [7, 11) is 0. The predicted molar refractivity (Wildman–Crippen MR) is 112 cm³/mol. The number of aryl methyl sites for hydroxylation is 3. The summed E-state index contributed by atoms with van der Waals surface area (Å²) in [6.45, 7) is 5.95. The van der Waals surface area contributed by atoms with Crippen LogP contribution >= 0.6 is 23.1 Å². The lowest BCUT2D eigenvalue weighted by Crippen LogP contribution is -2.17. The van der Waals surface area contributed by atoms with Crippen LogP contribution in [0.15, 0.2) is 52.0 Å². The Balaban J connectivity index is 1.55. The van der Waals surface area contributed by atoms with Crippen LogP contribution in [-0.2, 0) is 5.75 Å². The molecule has 0 unspecified atom stereocenters. The number of rotatable bonds is 6. The Morgan fingerprint density at radius 1 is 1.15 bits per heavy atom. The highest BCUT2D eigenvalue weighted by molar-refractivity contribution is 7.98. The lowest BCUT2D eigenvalue weighted by molar-refractivity contribution is 0.0955. The van der Waals surface area contributed by atoms with Crippen molar-refractivity contribution in [3.8, 4) is 0 Å². The van der Waals surface area contributed by atoms with Crippen LogP contribution in [-0.4, -0.2) is 22.1 Å². The third kappa shape index (κ3) is 5.48. The summed E-state index contributed by atoms with van der Waals surface area (Å²) >= 11 is 3.18. The van der Waals surface area contributed by atoms with E-state index in [0.29, 0.717) is 5.56 Å². The summed E-state index contributed by atoms with van der Waals surface area (Å²) in [5, 5.41) is 6.80. The van der Waals surface area contributed by atoms with Crippen molar-refractivity contribution in [2.75, 3.05) is 0 Å². The summed E-state index contributed by atoms with van der Waals surface area (Å²) in [6.07, 6.45) is 1.67. The smallest absolute Gasteiger partial charge is 0.267 e. The standard InChI is InChI=1S/C20H20N4OS2/c1-13-8-9-26-18(13)11-21-24-19(25)17-6-4-16(5-7-17)12-27-20-22-14(2)10-15(3)23-20/h4-11H,12H2,1-3H3,(H,24,25)/b21-11+. The molecule has 0 aliphatic rings. The molecule has 0 fully saturated rings.